The summed E-state index contributed by atoms with van der Waals surface area (Å²) in [4.78, 5) is 14.9. The Morgan fingerprint density at radius 1 is 1.44 bits per heavy atom. The van der Waals surface area contributed by atoms with Gasteiger partial charge in [0.25, 0.3) is 0 Å². The van der Waals surface area contributed by atoms with E-state index in [4.69, 9.17) is 5.11 Å². The topological polar surface area (TPSA) is 50.2 Å². The van der Waals surface area contributed by atoms with Crippen molar-refractivity contribution < 1.29 is 9.90 Å². The number of rotatable bonds is 7. The second-order valence-corrected chi connectivity index (χ2v) is 4.71. The summed E-state index contributed by atoms with van der Waals surface area (Å²) < 4.78 is 0. The molecule has 0 atom stereocenters. The Hall–Kier alpha value is -1.03. The van der Waals surface area contributed by atoms with Crippen LogP contribution < -0.4 is 0 Å². The Morgan fingerprint density at radius 3 is 2.94 bits per heavy atom. The minimum Gasteiger partial charge on any atom is -0.478 e. The summed E-state index contributed by atoms with van der Waals surface area (Å²) in [5.74, 6) is 0.117. The molecule has 1 heterocycles. The minimum absolute atomic E-state index is 0.311. The number of hydrogen-bond donors (Lipinski definition) is 1. The zero-order valence-electron chi connectivity index (χ0n) is 9.48. The van der Waals surface area contributed by atoms with E-state index in [0.717, 1.165) is 17.2 Å². The normalized spacial score (nSPS) is 10.3. The molecule has 0 aliphatic carbocycles. The molecule has 1 aromatic rings. The van der Waals surface area contributed by atoms with Crippen LogP contribution in [0.2, 0.25) is 0 Å². The Bertz CT molecular complexity index is 342. The number of carboxylic acids is 1. The highest BCUT2D eigenvalue weighted by Gasteiger charge is 2.04. The lowest BCUT2D eigenvalue weighted by Crippen LogP contribution is -1.96. The monoisotopic (exact) mass is 239 g/mol. The number of nitrogens with zero attached hydrogens (tertiary/aromatic N) is 1. The Kier molecular flexibility index (Phi) is 5.93. The Labute approximate surface area is 100 Å². The van der Waals surface area contributed by atoms with Gasteiger partial charge in [-0.05, 0) is 24.3 Å². The zero-order chi connectivity index (χ0) is 11.8. The van der Waals surface area contributed by atoms with E-state index in [1.807, 2.05) is 0 Å². The lowest BCUT2D eigenvalue weighted by atomic mass is 10.2. The number of unbranched alkanes of at least 4 members (excludes halogenated alkanes) is 3. The van der Waals surface area contributed by atoms with Gasteiger partial charge in [-0.2, -0.15) is 0 Å². The quantitative estimate of drug-likeness (QED) is 0.585. The number of aromatic carboxylic acids is 1. The van der Waals surface area contributed by atoms with Gasteiger partial charge in [-0.15, -0.1) is 11.8 Å². The molecule has 0 spiro atoms. The smallest absolute Gasteiger partial charge is 0.335 e. The maximum Gasteiger partial charge on any atom is 0.335 e. The van der Waals surface area contributed by atoms with Crippen LogP contribution in [-0.4, -0.2) is 21.8 Å². The first-order valence-corrected chi connectivity index (χ1v) is 6.54. The molecule has 0 radical (unpaired) electrons. The van der Waals surface area contributed by atoms with Gasteiger partial charge in [0, 0.05) is 6.20 Å². The molecule has 0 aliphatic rings. The fraction of sp³-hybridized carbons (Fsp3) is 0.500. The number of carbonyl (C=O) groups is 1. The Balaban J connectivity index is 2.36. The van der Waals surface area contributed by atoms with E-state index in [-0.39, 0.29) is 0 Å². The molecule has 1 N–H and O–H groups in total. The van der Waals surface area contributed by atoms with E-state index in [9.17, 15) is 4.79 Å². The third kappa shape index (κ3) is 4.66. The van der Waals surface area contributed by atoms with Gasteiger partial charge < -0.3 is 5.11 Å². The van der Waals surface area contributed by atoms with E-state index in [1.165, 1.54) is 25.3 Å². The van der Waals surface area contributed by atoms with Crippen LogP contribution in [0.25, 0.3) is 0 Å². The van der Waals surface area contributed by atoms with E-state index in [1.54, 1.807) is 24.0 Å². The third-order valence-electron chi connectivity index (χ3n) is 2.23. The predicted molar refractivity (Wildman–Crippen MR) is 66.1 cm³/mol. The second-order valence-electron chi connectivity index (χ2n) is 3.60. The van der Waals surface area contributed by atoms with Crippen molar-refractivity contribution in [1.82, 2.24) is 4.98 Å². The lowest BCUT2D eigenvalue weighted by molar-refractivity contribution is 0.0696. The molecule has 0 fully saturated rings. The molecule has 0 amide bonds. The number of pyridine rings is 1. The molecule has 0 aliphatic heterocycles. The standard InChI is InChI=1S/C12H17NO2S/c1-2-3-4-5-8-16-11-9-10(12(14)15)6-7-13-11/h6-7,9H,2-5,8H2,1H3,(H,14,15). The molecular formula is C12H17NO2S. The number of aromatic nitrogens is 1. The van der Waals surface area contributed by atoms with Crippen molar-refractivity contribution >= 4 is 17.7 Å². The SMILES string of the molecule is CCCCCCSc1cc(C(=O)O)ccn1. The first kappa shape index (κ1) is 13.0. The molecule has 0 saturated carbocycles. The van der Waals surface area contributed by atoms with Crippen LogP contribution in [0.5, 0.6) is 0 Å². The van der Waals surface area contributed by atoms with E-state index in [0.29, 0.717) is 5.56 Å². The van der Waals surface area contributed by atoms with Crippen LogP contribution in [0.1, 0.15) is 43.0 Å². The Morgan fingerprint density at radius 2 is 2.25 bits per heavy atom. The molecule has 88 valence electrons. The van der Waals surface area contributed by atoms with Crippen molar-refractivity contribution in [3.8, 4) is 0 Å². The van der Waals surface area contributed by atoms with Crippen LogP contribution in [0.3, 0.4) is 0 Å². The summed E-state index contributed by atoms with van der Waals surface area (Å²) in [5.41, 5.74) is 0.311. The van der Waals surface area contributed by atoms with E-state index in [2.05, 4.69) is 11.9 Å². The van der Waals surface area contributed by atoms with Crippen LogP contribution in [0.4, 0.5) is 0 Å². The molecule has 4 heteroatoms. The van der Waals surface area contributed by atoms with Crippen molar-refractivity contribution in [2.24, 2.45) is 0 Å². The van der Waals surface area contributed by atoms with Gasteiger partial charge in [-0.3, -0.25) is 0 Å². The summed E-state index contributed by atoms with van der Waals surface area (Å²) in [7, 11) is 0. The summed E-state index contributed by atoms with van der Waals surface area (Å²) in [6.45, 7) is 2.19. The van der Waals surface area contributed by atoms with Crippen LogP contribution in [0.15, 0.2) is 23.4 Å². The predicted octanol–water partition coefficient (Wildman–Crippen LogP) is 3.45. The average Bonchev–Trinajstić information content (AvgIpc) is 2.29. The van der Waals surface area contributed by atoms with Crippen molar-refractivity contribution in [1.29, 1.82) is 0 Å². The van der Waals surface area contributed by atoms with Crippen molar-refractivity contribution in [2.45, 2.75) is 37.6 Å². The van der Waals surface area contributed by atoms with Crippen LogP contribution in [0, 0.1) is 0 Å². The first-order chi connectivity index (χ1) is 7.74. The van der Waals surface area contributed by atoms with Gasteiger partial charge in [-0.1, -0.05) is 26.2 Å². The van der Waals surface area contributed by atoms with Gasteiger partial charge in [0.15, 0.2) is 0 Å². The molecule has 3 nitrogen and oxygen atoms in total. The maximum absolute atomic E-state index is 10.7. The van der Waals surface area contributed by atoms with Crippen molar-refractivity contribution in [2.75, 3.05) is 5.75 Å². The first-order valence-electron chi connectivity index (χ1n) is 5.56. The molecule has 0 bridgehead atoms. The van der Waals surface area contributed by atoms with Gasteiger partial charge in [-0.25, -0.2) is 9.78 Å². The highest BCUT2D eigenvalue weighted by Crippen LogP contribution is 2.18. The van der Waals surface area contributed by atoms with Crippen molar-refractivity contribution in [3.05, 3.63) is 23.9 Å². The van der Waals surface area contributed by atoms with Gasteiger partial charge in [0.2, 0.25) is 0 Å². The van der Waals surface area contributed by atoms with Gasteiger partial charge >= 0.3 is 5.97 Å². The zero-order valence-corrected chi connectivity index (χ0v) is 10.3. The highest BCUT2D eigenvalue weighted by atomic mass is 32.2. The summed E-state index contributed by atoms with van der Waals surface area (Å²) in [5, 5.41) is 9.62. The van der Waals surface area contributed by atoms with Crippen LogP contribution in [-0.2, 0) is 0 Å². The minimum atomic E-state index is -0.893. The van der Waals surface area contributed by atoms with Crippen molar-refractivity contribution in [3.63, 3.8) is 0 Å². The molecule has 0 saturated heterocycles. The molecule has 0 unspecified atom stereocenters. The summed E-state index contributed by atoms with van der Waals surface area (Å²) in [6.07, 6.45) is 6.46. The van der Waals surface area contributed by atoms with Crippen LogP contribution >= 0.6 is 11.8 Å². The number of carboxylic acid groups (broad SMARTS) is 1. The second kappa shape index (κ2) is 7.28. The fourth-order valence-electron chi connectivity index (χ4n) is 1.33. The van der Waals surface area contributed by atoms with Gasteiger partial charge in [0.1, 0.15) is 0 Å². The summed E-state index contributed by atoms with van der Waals surface area (Å²) in [6, 6.07) is 3.15. The highest BCUT2D eigenvalue weighted by molar-refractivity contribution is 7.99. The third-order valence-corrected chi connectivity index (χ3v) is 3.24. The van der Waals surface area contributed by atoms with E-state index < -0.39 is 5.97 Å². The maximum atomic E-state index is 10.7. The molecule has 1 aromatic heterocycles. The molecule has 16 heavy (non-hydrogen) atoms. The summed E-state index contributed by atoms with van der Waals surface area (Å²) >= 11 is 1.63. The number of hydrogen-bond acceptors (Lipinski definition) is 3. The largest absolute Gasteiger partial charge is 0.478 e. The lowest BCUT2D eigenvalue weighted by Gasteiger charge is -2.01. The number of thioether (sulfide) groups is 1. The molecular weight excluding hydrogens is 222 g/mol. The van der Waals surface area contributed by atoms with E-state index >= 15 is 0 Å². The molecule has 0 aromatic carbocycles. The molecule has 1 rings (SSSR count). The average molecular weight is 239 g/mol. The fourth-order valence-corrected chi connectivity index (χ4v) is 2.23. The van der Waals surface area contributed by atoms with Gasteiger partial charge in [0.05, 0.1) is 10.6 Å².